The Kier molecular flexibility index (Phi) is 11.3. The van der Waals surface area contributed by atoms with Crippen LogP contribution in [-0.4, -0.2) is 56.2 Å². The van der Waals surface area contributed by atoms with Gasteiger partial charge in [-0.1, -0.05) is 30.3 Å². The number of halogens is 1. The van der Waals surface area contributed by atoms with Crippen LogP contribution in [0.1, 0.15) is 25.3 Å². The minimum atomic E-state index is -0.339. The molecule has 1 amide bonds. The summed E-state index contributed by atoms with van der Waals surface area (Å²) in [5.74, 6) is 1.59. The van der Waals surface area contributed by atoms with Gasteiger partial charge in [0.2, 0.25) is 0 Å². The Morgan fingerprint density at radius 1 is 1.22 bits per heavy atom. The van der Waals surface area contributed by atoms with Gasteiger partial charge in [-0.2, -0.15) is 0 Å². The number of carbonyl (C=O) groups excluding carboxylic acids is 1. The molecule has 2 aromatic rings. The first-order chi connectivity index (χ1) is 15.2. The molecular weight excluding hydrogens is 519 g/mol. The summed E-state index contributed by atoms with van der Waals surface area (Å²) < 4.78 is 11.2. The topological polar surface area (TPSA) is 75.2 Å². The number of amides is 1. The zero-order chi connectivity index (χ0) is 21.9. The first-order valence-electron chi connectivity index (χ1n) is 10.8. The third-order valence-electron chi connectivity index (χ3n) is 4.96. The molecule has 0 bridgehead atoms. The molecule has 1 aliphatic heterocycles. The number of guanidine groups is 1. The van der Waals surface area contributed by atoms with Crippen LogP contribution >= 0.6 is 24.0 Å². The molecule has 1 atom stereocenters. The van der Waals surface area contributed by atoms with Crippen LogP contribution in [0.5, 0.6) is 5.75 Å². The maximum absolute atomic E-state index is 12.3. The van der Waals surface area contributed by atoms with Crippen molar-refractivity contribution in [3.63, 3.8) is 0 Å². The summed E-state index contributed by atoms with van der Waals surface area (Å²) in [6, 6.07) is 17.6. The number of ether oxygens (including phenoxy) is 2. The van der Waals surface area contributed by atoms with Crippen molar-refractivity contribution in [2.75, 3.05) is 38.7 Å². The minimum absolute atomic E-state index is 0. The number of aliphatic imine (C=N–C) groups is 1. The molecule has 1 heterocycles. The first-order valence-corrected chi connectivity index (χ1v) is 10.8. The van der Waals surface area contributed by atoms with Gasteiger partial charge in [-0.15, -0.1) is 24.0 Å². The number of para-hydroxylation sites is 1. The third kappa shape index (κ3) is 8.31. The number of likely N-dealkylation sites (N-methyl/N-ethyl adjacent to an activating group) is 1. The summed E-state index contributed by atoms with van der Waals surface area (Å²) in [5, 5.41) is 6.27. The summed E-state index contributed by atoms with van der Waals surface area (Å²) in [7, 11) is 1.99. The second kappa shape index (κ2) is 13.9. The van der Waals surface area contributed by atoms with Crippen molar-refractivity contribution >= 4 is 41.5 Å². The van der Waals surface area contributed by atoms with Gasteiger partial charge in [0.05, 0.1) is 13.1 Å². The predicted octanol–water partition coefficient (Wildman–Crippen LogP) is 3.90. The number of hydrogen-bond donors (Lipinski definition) is 2. The summed E-state index contributed by atoms with van der Waals surface area (Å²) in [4.78, 5) is 19.1. The molecule has 0 radical (unpaired) electrons. The number of carbonyl (C=O) groups is 1. The van der Waals surface area contributed by atoms with Crippen LogP contribution in [0.25, 0.3) is 0 Å². The third-order valence-corrected chi connectivity index (χ3v) is 4.96. The van der Waals surface area contributed by atoms with Crippen LogP contribution < -0.4 is 15.4 Å². The van der Waals surface area contributed by atoms with Gasteiger partial charge in [0.15, 0.2) is 5.96 Å². The van der Waals surface area contributed by atoms with Crippen LogP contribution in [0.2, 0.25) is 0 Å². The lowest BCUT2D eigenvalue weighted by atomic mass is 10.2. The highest BCUT2D eigenvalue weighted by Gasteiger charge is 2.23. The van der Waals surface area contributed by atoms with Crippen molar-refractivity contribution < 1.29 is 14.3 Å². The highest BCUT2D eigenvalue weighted by atomic mass is 127. The van der Waals surface area contributed by atoms with Crippen LogP contribution in [0, 0.1) is 0 Å². The van der Waals surface area contributed by atoms with Gasteiger partial charge in [-0.25, -0.2) is 4.99 Å². The zero-order valence-corrected chi connectivity index (χ0v) is 21.1. The van der Waals surface area contributed by atoms with Gasteiger partial charge in [-0.05, 0) is 49.6 Å². The van der Waals surface area contributed by atoms with Crippen LogP contribution in [0.4, 0.5) is 5.69 Å². The molecule has 1 saturated heterocycles. The lowest BCUT2D eigenvalue weighted by Gasteiger charge is -2.22. The molecular formula is C24H33IN4O3. The Morgan fingerprint density at radius 3 is 2.75 bits per heavy atom. The van der Waals surface area contributed by atoms with Gasteiger partial charge in [0.25, 0.3) is 5.91 Å². The highest BCUT2D eigenvalue weighted by Crippen LogP contribution is 2.17. The number of benzene rings is 2. The zero-order valence-electron chi connectivity index (χ0n) is 18.8. The Bertz CT molecular complexity index is 857. The normalized spacial score (nSPS) is 15.6. The second-order valence-corrected chi connectivity index (χ2v) is 7.44. The summed E-state index contributed by atoms with van der Waals surface area (Å²) in [6.07, 6.45) is 1.38. The predicted molar refractivity (Wildman–Crippen MR) is 139 cm³/mol. The average molecular weight is 552 g/mol. The second-order valence-electron chi connectivity index (χ2n) is 7.44. The summed E-state index contributed by atoms with van der Waals surface area (Å²) >= 11 is 0. The van der Waals surface area contributed by atoms with Gasteiger partial charge in [-0.3, -0.25) is 4.79 Å². The first kappa shape index (κ1) is 25.9. The molecule has 1 unspecified atom stereocenters. The number of hydrogen-bond acceptors (Lipinski definition) is 4. The highest BCUT2D eigenvalue weighted by molar-refractivity contribution is 14.0. The Morgan fingerprint density at radius 2 is 2.03 bits per heavy atom. The molecule has 7 nitrogen and oxygen atoms in total. The van der Waals surface area contributed by atoms with Crippen molar-refractivity contribution in [1.29, 1.82) is 0 Å². The number of anilines is 1. The largest absolute Gasteiger partial charge is 0.492 e. The summed E-state index contributed by atoms with van der Waals surface area (Å²) in [6.45, 7) is 5.26. The molecule has 32 heavy (non-hydrogen) atoms. The lowest BCUT2D eigenvalue weighted by Crippen LogP contribution is -2.40. The Balaban J connectivity index is 0.00000363. The van der Waals surface area contributed by atoms with Gasteiger partial charge in [0.1, 0.15) is 18.5 Å². The van der Waals surface area contributed by atoms with Gasteiger partial charge < -0.3 is 25.0 Å². The minimum Gasteiger partial charge on any atom is -0.492 e. The maximum atomic E-state index is 12.3. The van der Waals surface area contributed by atoms with E-state index in [0.29, 0.717) is 26.3 Å². The molecule has 2 N–H and O–H groups in total. The van der Waals surface area contributed by atoms with E-state index in [1.54, 1.807) is 0 Å². The van der Waals surface area contributed by atoms with Gasteiger partial charge >= 0.3 is 0 Å². The average Bonchev–Trinajstić information content (AvgIpc) is 3.33. The van der Waals surface area contributed by atoms with E-state index in [4.69, 9.17) is 14.5 Å². The molecule has 0 spiro atoms. The fourth-order valence-electron chi connectivity index (χ4n) is 3.31. The number of nitrogens with zero attached hydrogens (tertiary/aromatic N) is 2. The number of nitrogens with one attached hydrogen (secondary N) is 2. The summed E-state index contributed by atoms with van der Waals surface area (Å²) in [5.41, 5.74) is 1.79. The Labute approximate surface area is 207 Å². The van der Waals surface area contributed by atoms with E-state index in [9.17, 15) is 4.79 Å². The molecule has 174 valence electrons. The monoisotopic (exact) mass is 552 g/mol. The fourth-order valence-corrected chi connectivity index (χ4v) is 3.31. The molecule has 0 saturated carbocycles. The van der Waals surface area contributed by atoms with Crippen molar-refractivity contribution in [2.45, 2.75) is 32.4 Å². The van der Waals surface area contributed by atoms with Gasteiger partial charge in [0, 0.05) is 25.9 Å². The van der Waals surface area contributed by atoms with E-state index in [0.717, 1.165) is 42.3 Å². The molecule has 1 fully saturated rings. The van der Waals surface area contributed by atoms with E-state index in [1.807, 2.05) is 68.6 Å². The molecule has 8 heteroatoms. The van der Waals surface area contributed by atoms with Crippen molar-refractivity contribution in [3.05, 3.63) is 60.2 Å². The lowest BCUT2D eigenvalue weighted by molar-refractivity contribution is -0.124. The Hall–Kier alpha value is -2.33. The van der Waals surface area contributed by atoms with Crippen LogP contribution in [0.3, 0.4) is 0 Å². The SMILES string of the molecule is CCNC(=NCc1cccc(NC(=O)C2CCCO2)c1)N(C)CCOc1ccccc1.I. The van der Waals surface area contributed by atoms with E-state index >= 15 is 0 Å². The molecule has 3 rings (SSSR count). The van der Waals surface area contributed by atoms with Crippen LogP contribution in [-0.2, 0) is 16.1 Å². The quantitative estimate of drug-likeness (QED) is 0.281. The number of rotatable bonds is 9. The van der Waals surface area contributed by atoms with E-state index in [1.165, 1.54) is 0 Å². The van der Waals surface area contributed by atoms with E-state index < -0.39 is 0 Å². The maximum Gasteiger partial charge on any atom is 0.253 e. The standard InChI is InChI=1S/C24H32N4O3.HI/c1-3-25-24(28(2)14-16-30-21-11-5-4-6-12-21)26-18-19-9-7-10-20(17-19)27-23(29)22-13-8-15-31-22;/h4-7,9-12,17,22H,3,8,13-16,18H2,1-2H3,(H,25,26)(H,27,29);1H. The van der Waals surface area contributed by atoms with Crippen LogP contribution in [0.15, 0.2) is 59.6 Å². The van der Waals surface area contributed by atoms with E-state index in [2.05, 4.69) is 15.5 Å². The molecule has 0 aromatic heterocycles. The molecule has 1 aliphatic rings. The van der Waals surface area contributed by atoms with Crippen molar-refractivity contribution in [3.8, 4) is 5.75 Å². The molecule has 2 aromatic carbocycles. The van der Waals surface area contributed by atoms with Crippen molar-refractivity contribution in [1.82, 2.24) is 10.2 Å². The van der Waals surface area contributed by atoms with Crippen molar-refractivity contribution in [2.24, 2.45) is 4.99 Å². The van der Waals surface area contributed by atoms with E-state index in [-0.39, 0.29) is 36.0 Å². The fraction of sp³-hybridized carbons (Fsp3) is 0.417. The molecule has 0 aliphatic carbocycles. The smallest absolute Gasteiger partial charge is 0.253 e.